The van der Waals surface area contributed by atoms with E-state index < -0.39 is 30.5 Å². The first-order chi connectivity index (χ1) is 14.6. The van der Waals surface area contributed by atoms with Gasteiger partial charge in [-0.25, -0.2) is 4.39 Å². The number of benzene rings is 3. The number of ether oxygens (including phenoxy) is 2. The van der Waals surface area contributed by atoms with Gasteiger partial charge in [-0.1, -0.05) is 24.3 Å². The molecular formula is C23H18F6O2. The van der Waals surface area contributed by atoms with Gasteiger partial charge in [-0.05, 0) is 60.2 Å². The minimum Gasteiger partial charge on any atom is -0.481 e. The van der Waals surface area contributed by atoms with Crippen molar-refractivity contribution in [3.63, 3.8) is 0 Å². The van der Waals surface area contributed by atoms with E-state index in [0.29, 0.717) is 6.42 Å². The molecular weight excluding hydrogens is 422 g/mol. The average Bonchev–Trinajstić information content (AvgIpc) is 2.71. The normalized spacial score (nSPS) is 12.1. The molecule has 0 aliphatic rings. The van der Waals surface area contributed by atoms with Crippen LogP contribution in [0, 0.1) is 5.82 Å². The minimum absolute atomic E-state index is 0.0816. The molecule has 0 N–H and O–H groups in total. The summed E-state index contributed by atoms with van der Waals surface area (Å²) < 4.78 is 89.6. The van der Waals surface area contributed by atoms with E-state index in [4.69, 9.17) is 4.74 Å². The Morgan fingerprint density at radius 2 is 1.61 bits per heavy atom. The lowest BCUT2D eigenvalue weighted by Gasteiger charge is -2.19. The van der Waals surface area contributed by atoms with E-state index in [1.165, 1.54) is 24.3 Å². The van der Waals surface area contributed by atoms with E-state index in [2.05, 4.69) is 11.3 Å². The van der Waals surface area contributed by atoms with Gasteiger partial charge in [0.1, 0.15) is 5.75 Å². The summed E-state index contributed by atoms with van der Waals surface area (Å²) >= 11 is 0. The molecule has 3 aromatic rings. The van der Waals surface area contributed by atoms with Crippen molar-refractivity contribution in [3.05, 3.63) is 84.2 Å². The highest BCUT2D eigenvalue weighted by Crippen LogP contribution is 2.35. The fourth-order valence-electron chi connectivity index (χ4n) is 2.93. The van der Waals surface area contributed by atoms with Crippen LogP contribution in [0.2, 0.25) is 0 Å². The third-order valence-corrected chi connectivity index (χ3v) is 4.45. The van der Waals surface area contributed by atoms with Gasteiger partial charge in [-0.3, -0.25) is 0 Å². The lowest BCUT2D eigenvalue weighted by atomic mass is 10.1. The van der Waals surface area contributed by atoms with Gasteiger partial charge in [0.2, 0.25) is 0 Å². The van der Waals surface area contributed by atoms with E-state index in [1.807, 2.05) is 0 Å². The SMILES string of the molecule is C=CCCc1ccc(C(F)(F)Oc2ccc3c(F)c(OCC(F)(F)F)ccc3c2)cc1. The van der Waals surface area contributed by atoms with E-state index >= 15 is 0 Å². The van der Waals surface area contributed by atoms with Crippen molar-refractivity contribution in [1.29, 1.82) is 0 Å². The van der Waals surface area contributed by atoms with Crippen LogP contribution in [0.15, 0.2) is 67.3 Å². The Morgan fingerprint density at radius 3 is 2.26 bits per heavy atom. The highest BCUT2D eigenvalue weighted by molar-refractivity contribution is 5.86. The summed E-state index contributed by atoms with van der Waals surface area (Å²) in [6.45, 7) is 1.97. The lowest BCUT2D eigenvalue weighted by Crippen LogP contribution is -2.21. The molecule has 0 heterocycles. The number of halogens is 6. The molecule has 8 heteroatoms. The van der Waals surface area contributed by atoms with Crippen LogP contribution in [0.3, 0.4) is 0 Å². The summed E-state index contributed by atoms with van der Waals surface area (Å²) in [7, 11) is 0. The van der Waals surface area contributed by atoms with E-state index in [9.17, 15) is 26.3 Å². The quantitative estimate of drug-likeness (QED) is 0.273. The Bertz CT molecular complexity index is 1060. The van der Waals surface area contributed by atoms with Crippen LogP contribution < -0.4 is 9.47 Å². The fourth-order valence-corrected chi connectivity index (χ4v) is 2.93. The number of alkyl halides is 5. The predicted octanol–water partition coefficient (Wildman–Crippen LogP) is 7.17. The van der Waals surface area contributed by atoms with Gasteiger partial charge >= 0.3 is 12.3 Å². The molecule has 0 bridgehead atoms. The first-order valence-electron chi connectivity index (χ1n) is 9.28. The molecule has 0 aliphatic heterocycles. The molecule has 3 aromatic carbocycles. The molecule has 0 saturated carbocycles. The van der Waals surface area contributed by atoms with Crippen molar-refractivity contribution in [3.8, 4) is 11.5 Å². The summed E-state index contributed by atoms with van der Waals surface area (Å²) in [6, 6.07) is 11.4. The average molecular weight is 440 g/mol. The molecule has 0 spiro atoms. The maximum absolute atomic E-state index is 14.5. The number of hydrogen-bond donors (Lipinski definition) is 0. The second-order valence-corrected chi connectivity index (χ2v) is 6.81. The molecule has 0 atom stereocenters. The van der Waals surface area contributed by atoms with E-state index in [-0.39, 0.29) is 22.1 Å². The third kappa shape index (κ3) is 5.71. The summed E-state index contributed by atoms with van der Waals surface area (Å²) in [4.78, 5) is 0. The van der Waals surface area contributed by atoms with Crippen LogP contribution in [0.1, 0.15) is 17.5 Å². The van der Waals surface area contributed by atoms with E-state index in [1.54, 1.807) is 18.2 Å². The topological polar surface area (TPSA) is 18.5 Å². The Kier molecular flexibility index (Phi) is 6.48. The molecule has 0 fully saturated rings. The maximum atomic E-state index is 14.5. The zero-order chi connectivity index (χ0) is 22.6. The summed E-state index contributed by atoms with van der Waals surface area (Å²) in [5, 5.41) is 0.0897. The summed E-state index contributed by atoms with van der Waals surface area (Å²) in [5.41, 5.74) is 0.529. The lowest BCUT2D eigenvalue weighted by molar-refractivity contribution is -0.185. The van der Waals surface area contributed by atoms with Gasteiger partial charge in [0, 0.05) is 5.39 Å². The Labute approximate surface area is 174 Å². The molecule has 3 rings (SSSR count). The van der Waals surface area contributed by atoms with Crippen LogP contribution in [-0.2, 0) is 12.5 Å². The largest absolute Gasteiger partial charge is 0.481 e. The van der Waals surface area contributed by atoms with Gasteiger partial charge in [0.05, 0.1) is 5.56 Å². The van der Waals surface area contributed by atoms with Crippen molar-refractivity contribution < 1.29 is 35.8 Å². The second-order valence-electron chi connectivity index (χ2n) is 6.81. The Morgan fingerprint density at radius 1 is 0.903 bits per heavy atom. The monoisotopic (exact) mass is 440 g/mol. The standard InChI is InChI=1S/C23H18F6O2/c1-2-3-4-15-5-8-17(9-6-15)23(28,29)31-18-10-11-19-16(13-18)7-12-20(21(19)24)30-14-22(25,26)27/h2,5-13H,1,3-4,14H2. The smallest absolute Gasteiger partial charge is 0.426 e. The molecule has 0 saturated heterocycles. The van der Waals surface area contributed by atoms with Gasteiger partial charge < -0.3 is 9.47 Å². The van der Waals surface area contributed by atoms with Crippen molar-refractivity contribution in [2.45, 2.75) is 25.1 Å². The molecule has 164 valence electrons. The van der Waals surface area contributed by atoms with Gasteiger partial charge in [0.25, 0.3) is 0 Å². The van der Waals surface area contributed by atoms with Crippen LogP contribution in [-0.4, -0.2) is 12.8 Å². The first-order valence-corrected chi connectivity index (χ1v) is 9.28. The Balaban J connectivity index is 1.78. The predicted molar refractivity (Wildman–Crippen MR) is 105 cm³/mol. The molecule has 0 aromatic heterocycles. The first kappa shape index (κ1) is 22.5. The van der Waals surface area contributed by atoms with Crippen molar-refractivity contribution in [2.24, 2.45) is 0 Å². The molecule has 0 aliphatic carbocycles. The molecule has 0 amide bonds. The number of hydrogen-bond acceptors (Lipinski definition) is 2. The summed E-state index contributed by atoms with van der Waals surface area (Å²) in [6.07, 6.45) is -5.11. The van der Waals surface area contributed by atoms with E-state index in [0.717, 1.165) is 30.2 Å². The van der Waals surface area contributed by atoms with Gasteiger partial charge in [0.15, 0.2) is 18.2 Å². The van der Waals surface area contributed by atoms with Gasteiger partial charge in [-0.2, -0.15) is 22.0 Å². The highest BCUT2D eigenvalue weighted by atomic mass is 19.4. The second kappa shape index (κ2) is 8.91. The van der Waals surface area contributed by atoms with Crippen LogP contribution in [0.5, 0.6) is 11.5 Å². The van der Waals surface area contributed by atoms with Crippen LogP contribution >= 0.6 is 0 Å². The molecule has 0 unspecified atom stereocenters. The third-order valence-electron chi connectivity index (χ3n) is 4.45. The number of aryl methyl sites for hydroxylation is 1. The zero-order valence-corrected chi connectivity index (χ0v) is 16.2. The van der Waals surface area contributed by atoms with Crippen molar-refractivity contribution >= 4 is 10.8 Å². The summed E-state index contributed by atoms with van der Waals surface area (Å²) in [5.74, 6) is -1.83. The molecule has 0 radical (unpaired) electrons. The number of fused-ring (bicyclic) bond motifs is 1. The fraction of sp³-hybridized carbons (Fsp3) is 0.217. The van der Waals surface area contributed by atoms with Crippen molar-refractivity contribution in [2.75, 3.05) is 6.61 Å². The number of rotatable bonds is 8. The molecule has 31 heavy (non-hydrogen) atoms. The minimum atomic E-state index is -4.62. The highest BCUT2D eigenvalue weighted by Gasteiger charge is 2.34. The van der Waals surface area contributed by atoms with Gasteiger partial charge in [-0.15, -0.1) is 6.58 Å². The zero-order valence-electron chi connectivity index (χ0n) is 16.2. The maximum Gasteiger partial charge on any atom is 0.426 e. The van der Waals surface area contributed by atoms with Crippen LogP contribution in [0.25, 0.3) is 10.8 Å². The number of allylic oxidation sites excluding steroid dienone is 1. The Hall–Kier alpha value is -3.16. The van der Waals surface area contributed by atoms with Crippen LogP contribution in [0.4, 0.5) is 26.3 Å². The van der Waals surface area contributed by atoms with Crippen molar-refractivity contribution in [1.82, 2.24) is 0 Å². The molecule has 2 nitrogen and oxygen atoms in total.